The van der Waals surface area contributed by atoms with E-state index in [0.717, 1.165) is 18.2 Å². The standard InChI is InChI=1S/C40H30N8O15/c1-5-32(63-42-36-22-10-19(45(53)54)12-28(47(57)58)33(22)34-23(36)11-20(46(55)56)13-29(34)48(59)60)38(51)62-40(6-2)26-14-30-35-18(15-44(30)37(50)25(26)17-61-39(40)52)9-21-24(16-43(3)4)31(49)8-7-27(21)41-35/h5,7-14,49H,6,15-17H2,1-4H3/b32-5+/t40-/m0/s1. The first-order valence-corrected chi connectivity index (χ1v) is 18.7. The second kappa shape index (κ2) is 14.9. The fourth-order valence-electron chi connectivity index (χ4n) is 8.12. The van der Waals surface area contributed by atoms with E-state index in [1.54, 1.807) is 6.07 Å². The number of allylic oxidation sites excluding steroid dienone is 1. The quantitative estimate of drug-likeness (QED) is 0.0560. The Labute approximate surface area is 351 Å². The molecule has 1 aliphatic carbocycles. The number of ether oxygens (including phenoxy) is 2. The van der Waals surface area contributed by atoms with E-state index in [0.29, 0.717) is 52.1 Å². The number of esters is 2. The molecule has 0 unspecified atom stereocenters. The van der Waals surface area contributed by atoms with Gasteiger partial charge in [-0.2, -0.15) is 0 Å². The van der Waals surface area contributed by atoms with Crippen LogP contribution in [0.4, 0.5) is 22.7 Å². The average Bonchev–Trinajstić information content (AvgIpc) is 3.76. The smallest absolute Gasteiger partial charge is 0.378 e. The summed E-state index contributed by atoms with van der Waals surface area (Å²) in [5.74, 6) is -3.08. The molecule has 0 saturated heterocycles. The minimum Gasteiger partial charge on any atom is -0.508 e. The zero-order valence-electron chi connectivity index (χ0n) is 33.3. The van der Waals surface area contributed by atoms with E-state index in [9.17, 15) is 59.9 Å². The predicted molar refractivity (Wildman–Crippen MR) is 216 cm³/mol. The molecule has 0 fully saturated rings. The van der Waals surface area contributed by atoms with E-state index in [-0.39, 0.29) is 29.8 Å². The topological polar surface area (TPSA) is 305 Å². The van der Waals surface area contributed by atoms with Crippen LogP contribution in [-0.2, 0) is 49.2 Å². The lowest BCUT2D eigenvalue weighted by molar-refractivity contribution is -0.395. The summed E-state index contributed by atoms with van der Waals surface area (Å²) in [4.78, 5) is 98.3. The third-order valence-corrected chi connectivity index (χ3v) is 11.0. The summed E-state index contributed by atoms with van der Waals surface area (Å²) in [6.07, 6.45) is 0.768. The van der Waals surface area contributed by atoms with Crippen LogP contribution in [0.3, 0.4) is 0 Å². The number of carbonyl (C=O) groups excluding carboxylic acids is 2. The van der Waals surface area contributed by atoms with E-state index < -0.39 is 106 Å². The van der Waals surface area contributed by atoms with Crippen molar-refractivity contribution in [3.63, 3.8) is 0 Å². The number of nitrogens with zero attached hydrogens (tertiary/aromatic N) is 8. The van der Waals surface area contributed by atoms with Crippen molar-refractivity contribution in [2.24, 2.45) is 5.16 Å². The van der Waals surface area contributed by atoms with Gasteiger partial charge in [-0.25, -0.2) is 14.6 Å². The first-order valence-electron chi connectivity index (χ1n) is 18.7. The highest BCUT2D eigenvalue weighted by Gasteiger charge is 2.51. The lowest BCUT2D eigenvalue weighted by Crippen LogP contribution is -2.47. The largest absolute Gasteiger partial charge is 0.508 e. The van der Waals surface area contributed by atoms with Crippen molar-refractivity contribution in [1.82, 2.24) is 14.5 Å². The maximum Gasteiger partial charge on any atom is 0.378 e. The Morgan fingerprint density at radius 2 is 1.57 bits per heavy atom. The molecule has 8 rings (SSSR count). The molecule has 320 valence electrons. The minimum absolute atomic E-state index is 0.000692. The number of non-ortho nitro benzene ring substituents is 2. The lowest BCUT2D eigenvalue weighted by Gasteiger charge is -2.35. The molecule has 0 bridgehead atoms. The molecule has 23 heteroatoms. The Kier molecular flexibility index (Phi) is 9.77. The van der Waals surface area contributed by atoms with Gasteiger partial charge >= 0.3 is 11.9 Å². The molecule has 1 N–H and O–H groups in total. The summed E-state index contributed by atoms with van der Waals surface area (Å²) in [6, 6.07) is 9.22. The Bertz CT molecular complexity index is 3020. The number of phenols is 1. The second-order valence-electron chi connectivity index (χ2n) is 14.8. The third-order valence-electron chi connectivity index (χ3n) is 11.0. The Balaban J connectivity index is 1.21. The van der Waals surface area contributed by atoms with Gasteiger partial charge in [-0.05, 0) is 57.8 Å². The number of fused-ring (bicyclic) bond motifs is 8. The van der Waals surface area contributed by atoms with Crippen molar-refractivity contribution in [1.29, 1.82) is 0 Å². The van der Waals surface area contributed by atoms with Gasteiger partial charge in [-0.3, -0.25) is 45.3 Å². The molecule has 0 amide bonds. The number of phenolic OH excluding ortho intramolecular Hbond substituents is 1. The number of carbonyl (C=O) groups is 2. The number of hydrogen-bond donors (Lipinski definition) is 1. The maximum absolute atomic E-state index is 14.2. The molecule has 63 heavy (non-hydrogen) atoms. The Morgan fingerprint density at radius 1 is 0.952 bits per heavy atom. The number of oxime groups is 1. The molecule has 2 aliphatic heterocycles. The zero-order chi connectivity index (χ0) is 45.4. The van der Waals surface area contributed by atoms with Crippen LogP contribution in [0.25, 0.3) is 33.4 Å². The SMILES string of the molecule is C/C=C(/ON=C1c2cc([N+](=O)[O-])cc([N+](=O)[O-])c2-c2c1cc([N+](=O)[O-])cc2[N+](=O)[O-])C(=O)O[C@]1(CC)C(=O)OCc2c1cc1n(c2=O)Cc2cc3c(CN(C)C)c(O)ccc3nc2-1. The van der Waals surface area contributed by atoms with Crippen LogP contribution in [-0.4, -0.2) is 71.0 Å². The van der Waals surface area contributed by atoms with Crippen LogP contribution in [0.1, 0.15) is 53.6 Å². The summed E-state index contributed by atoms with van der Waals surface area (Å²) < 4.78 is 12.8. The number of pyridine rings is 2. The van der Waals surface area contributed by atoms with E-state index in [4.69, 9.17) is 19.3 Å². The van der Waals surface area contributed by atoms with Crippen LogP contribution in [0.5, 0.6) is 5.75 Å². The molecule has 23 nitrogen and oxygen atoms in total. The molecule has 0 saturated carbocycles. The summed E-state index contributed by atoms with van der Waals surface area (Å²) in [5.41, 5.74) is -6.50. The van der Waals surface area contributed by atoms with Gasteiger partial charge in [0.05, 0.1) is 72.0 Å². The molecule has 4 heterocycles. The molecule has 1 atom stereocenters. The predicted octanol–water partition coefficient (Wildman–Crippen LogP) is 5.38. The van der Waals surface area contributed by atoms with E-state index in [2.05, 4.69) is 5.16 Å². The van der Waals surface area contributed by atoms with Crippen molar-refractivity contribution < 1.29 is 48.7 Å². The number of cyclic esters (lactones) is 1. The summed E-state index contributed by atoms with van der Waals surface area (Å²) in [7, 11) is 3.69. The van der Waals surface area contributed by atoms with Gasteiger partial charge < -0.3 is 28.9 Å². The molecule has 0 radical (unpaired) electrons. The minimum atomic E-state index is -2.26. The van der Waals surface area contributed by atoms with Gasteiger partial charge in [0.1, 0.15) is 18.1 Å². The van der Waals surface area contributed by atoms with Gasteiger partial charge in [0.2, 0.25) is 11.4 Å². The van der Waals surface area contributed by atoms with Crippen molar-refractivity contribution in [2.45, 2.75) is 45.6 Å². The molecule has 0 spiro atoms. The highest BCUT2D eigenvalue weighted by molar-refractivity contribution is 6.27. The van der Waals surface area contributed by atoms with Crippen LogP contribution in [0.15, 0.2) is 70.3 Å². The summed E-state index contributed by atoms with van der Waals surface area (Å²) in [5, 5.41) is 63.4. The number of benzene rings is 3. The summed E-state index contributed by atoms with van der Waals surface area (Å²) in [6.45, 7) is 2.81. The number of nitro benzene ring substituents is 4. The fourth-order valence-corrected chi connectivity index (χ4v) is 8.12. The number of nitro groups is 4. The third kappa shape index (κ3) is 6.44. The van der Waals surface area contributed by atoms with Gasteiger partial charge in [0, 0.05) is 51.9 Å². The summed E-state index contributed by atoms with van der Waals surface area (Å²) >= 11 is 0. The maximum atomic E-state index is 14.2. The number of hydrogen-bond acceptors (Lipinski definition) is 18. The van der Waals surface area contributed by atoms with Gasteiger partial charge in [-0.15, -0.1) is 0 Å². The van der Waals surface area contributed by atoms with Gasteiger partial charge in [0.15, 0.2) is 0 Å². The highest BCUT2D eigenvalue weighted by atomic mass is 16.7. The van der Waals surface area contributed by atoms with Gasteiger partial charge in [-0.1, -0.05) is 12.1 Å². The van der Waals surface area contributed by atoms with Crippen molar-refractivity contribution in [2.75, 3.05) is 14.1 Å². The number of aromatic nitrogens is 2. The van der Waals surface area contributed by atoms with Crippen LogP contribution >= 0.6 is 0 Å². The van der Waals surface area contributed by atoms with Crippen molar-refractivity contribution >= 4 is 51.3 Å². The molecular weight excluding hydrogens is 832 g/mol. The molecule has 5 aromatic rings. The molecule has 3 aliphatic rings. The fraction of sp³-hybridized carbons (Fsp3) is 0.225. The van der Waals surface area contributed by atoms with E-state index >= 15 is 0 Å². The Morgan fingerprint density at radius 3 is 2.11 bits per heavy atom. The lowest BCUT2D eigenvalue weighted by atomic mass is 9.85. The van der Waals surface area contributed by atoms with Crippen LogP contribution in [0, 0.1) is 40.5 Å². The first-order chi connectivity index (χ1) is 29.9. The monoisotopic (exact) mass is 862 g/mol. The molecule has 3 aromatic carbocycles. The van der Waals surface area contributed by atoms with Crippen molar-refractivity contribution in [3.8, 4) is 28.3 Å². The van der Waals surface area contributed by atoms with Crippen LogP contribution < -0.4 is 5.56 Å². The Hall–Kier alpha value is -8.47. The second-order valence-corrected chi connectivity index (χ2v) is 14.8. The normalized spacial score (nSPS) is 15.8. The average molecular weight is 863 g/mol. The van der Waals surface area contributed by atoms with Crippen LogP contribution in [0.2, 0.25) is 0 Å². The number of rotatable bonds is 11. The molecule has 2 aromatic heterocycles. The highest BCUT2D eigenvalue weighted by Crippen LogP contribution is 2.50. The zero-order valence-corrected chi connectivity index (χ0v) is 33.3. The van der Waals surface area contributed by atoms with E-state index in [1.165, 1.54) is 30.5 Å². The number of aromatic hydroxyl groups is 1. The van der Waals surface area contributed by atoms with Gasteiger partial charge in [0.25, 0.3) is 28.3 Å². The van der Waals surface area contributed by atoms with Crippen molar-refractivity contribution in [3.05, 3.63) is 145 Å². The first kappa shape index (κ1) is 41.3. The molecular formula is C40H30N8O15. The van der Waals surface area contributed by atoms with E-state index in [1.807, 2.05) is 25.1 Å².